The normalized spacial score (nSPS) is 11.4. The van der Waals surface area contributed by atoms with Gasteiger partial charge in [-0.1, -0.05) is 25.1 Å². The maximum Gasteiger partial charge on any atom is 0.250 e. The van der Waals surface area contributed by atoms with Crippen LogP contribution in [-0.4, -0.2) is 17.9 Å². The third-order valence-electron chi connectivity index (χ3n) is 2.89. The lowest BCUT2D eigenvalue weighted by Crippen LogP contribution is -2.31. The van der Waals surface area contributed by atoms with E-state index in [-0.39, 0.29) is 17.9 Å². The number of carbonyl (C=O) groups is 2. The van der Waals surface area contributed by atoms with Gasteiger partial charge in [0.15, 0.2) is 0 Å². The second-order valence-corrected chi connectivity index (χ2v) is 5.35. The second-order valence-electron chi connectivity index (χ2n) is 5.35. The lowest BCUT2D eigenvalue weighted by molar-refractivity contribution is -0.121. The summed E-state index contributed by atoms with van der Waals surface area (Å²) in [5.74, 6) is -0.0920. The largest absolute Gasteiger partial charge is 0.354 e. The molecule has 4 nitrogen and oxygen atoms in total. The zero-order valence-electron chi connectivity index (χ0n) is 13.2. The van der Waals surface area contributed by atoms with Gasteiger partial charge in [0.1, 0.15) is 0 Å². The third-order valence-corrected chi connectivity index (χ3v) is 2.89. The van der Waals surface area contributed by atoms with Gasteiger partial charge in [0.25, 0.3) is 5.91 Å². The number of hydrogen-bond donors (Lipinski definition) is 2. The monoisotopic (exact) mass is 288 g/mol. The molecule has 0 aromatic heterocycles. The highest BCUT2D eigenvalue weighted by Gasteiger charge is 2.06. The van der Waals surface area contributed by atoms with Crippen LogP contribution in [0.5, 0.6) is 0 Å². The van der Waals surface area contributed by atoms with Crippen LogP contribution in [0.4, 0.5) is 5.69 Å². The van der Waals surface area contributed by atoms with Gasteiger partial charge in [0, 0.05) is 17.3 Å². The first kappa shape index (κ1) is 17.0. The number of nitrogens with one attached hydrogen (secondary N) is 2. The van der Waals surface area contributed by atoms with Gasteiger partial charge in [-0.2, -0.15) is 0 Å². The molecule has 1 aromatic rings. The highest BCUT2D eigenvalue weighted by molar-refractivity contribution is 6.03. The minimum absolute atomic E-state index is 0.00325. The van der Waals surface area contributed by atoms with Crippen molar-refractivity contribution < 1.29 is 9.59 Å². The minimum Gasteiger partial charge on any atom is -0.354 e. The molecule has 0 aliphatic carbocycles. The van der Waals surface area contributed by atoms with Crippen molar-refractivity contribution in [3.8, 4) is 0 Å². The highest BCUT2D eigenvalue weighted by atomic mass is 16.2. The number of hydrogen-bond acceptors (Lipinski definition) is 2. The van der Waals surface area contributed by atoms with Crippen LogP contribution in [0.2, 0.25) is 0 Å². The molecular weight excluding hydrogens is 264 g/mol. The Morgan fingerprint density at radius 1 is 1.19 bits per heavy atom. The van der Waals surface area contributed by atoms with Crippen LogP contribution in [0.15, 0.2) is 35.9 Å². The van der Waals surface area contributed by atoms with Crippen LogP contribution in [0, 0.1) is 0 Å². The van der Waals surface area contributed by atoms with Gasteiger partial charge in [0.2, 0.25) is 5.91 Å². The molecule has 0 aliphatic heterocycles. The van der Waals surface area contributed by atoms with E-state index in [1.165, 1.54) is 0 Å². The molecule has 0 spiro atoms. The van der Waals surface area contributed by atoms with E-state index < -0.39 is 0 Å². The van der Waals surface area contributed by atoms with E-state index in [0.29, 0.717) is 12.0 Å². The predicted molar refractivity (Wildman–Crippen MR) is 86.1 cm³/mol. The number of carbonyl (C=O) groups excluding carboxylic acids is 2. The molecule has 0 heterocycles. The molecule has 0 aliphatic rings. The lowest BCUT2D eigenvalue weighted by atomic mass is 10.1. The number of benzene rings is 1. The van der Waals surface area contributed by atoms with Gasteiger partial charge >= 0.3 is 0 Å². The number of rotatable bonds is 6. The summed E-state index contributed by atoms with van der Waals surface area (Å²) < 4.78 is 0. The molecule has 4 heteroatoms. The van der Waals surface area contributed by atoms with E-state index in [1.807, 2.05) is 51.1 Å². The molecule has 2 amide bonds. The van der Waals surface area contributed by atoms with Crippen molar-refractivity contribution in [2.45, 2.75) is 46.6 Å². The van der Waals surface area contributed by atoms with E-state index in [1.54, 1.807) is 6.92 Å². The van der Waals surface area contributed by atoms with Gasteiger partial charge in [-0.25, -0.2) is 0 Å². The molecule has 1 rings (SSSR count). The zero-order valence-corrected chi connectivity index (χ0v) is 13.2. The van der Waals surface area contributed by atoms with Crippen molar-refractivity contribution in [2.75, 3.05) is 5.32 Å². The van der Waals surface area contributed by atoms with Crippen molar-refractivity contribution in [3.05, 3.63) is 41.5 Å². The summed E-state index contributed by atoms with van der Waals surface area (Å²) in [7, 11) is 0. The second kappa shape index (κ2) is 8.25. The average Bonchev–Trinajstić information content (AvgIpc) is 2.40. The molecule has 21 heavy (non-hydrogen) atoms. The topological polar surface area (TPSA) is 58.2 Å². The Morgan fingerprint density at radius 3 is 2.33 bits per heavy atom. The van der Waals surface area contributed by atoms with E-state index in [2.05, 4.69) is 10.6 Å². The summed E-state index contributed by atoms with van der Waals surface area (Å²) in [4.78, 5) is 23.5. The van der Waals surface area contributed by atoms with Crippen molar-refractivity contribution in [1.82, 2.24) is 5.32 Å². The Kier molecular flexibility index (Phi) is 6.66. The predicted octanol–water partition coefficient (Wildman–Crippen LogP) is 3.05. The average molecular weight is 288 g/mol. The molecule has 0 saturated heterocycles. The number of allylic oxidation sites excluding steroid dienone is 1. The molecule has 114 valence electrons. The fourth-order valence-corrected chi connectivity index (χ4v) is 1.89. The van der Waals surface area contributed by atoms with Crippen molar-refractivity contribution in [2.24, 2.45) is 0 Å². The molecule has 0 fully saturated rings. The highest BCUT2D eigenvalue weighted by Crippen LogP contribution is 2.11. The van der Waals surface area contributed by atoms with Crippen LogP contribution < -0.4 is 10.6 Å². The van der Waals surface area contributed by atoms with Crippen LogP contribution >= 0.6 is 0 Å². The Labute approximate surface area is 126 Å². The first-order chi connectivity index (χ1) is 9.92. The van der Waals surface area contributed by atoms with Crippen molar-refractivity contribution in [3.63, 3.8) is 0 Å². The fraction of sp³-hybridized carbons (Fsp3) is 0.412. The Balaban J connectivity index is 2.60. The molecular formula is C17H24N2O2. The summed E-state index contributed by atoms with van der Waals surface area (Å²) in [5, 5.41) is 5.68. The van der Waals surface area contributed by atoms with E-state index >= 15 is 0 Å². The van der Waals surface area contributed by atoms with Crippen molar-refractivity contribution >= 4 is 17.5 Å². The van der Waals surface area contributed by atoms with Gasteiger partial charge in [0.05, 0.1) is 6.42 Å². The van der Waals surface area contributed by atoms with Crippen LogP contribution in [0.3, 0.4) is 0 Å². The molecule has 0 unspecified atom stereocenters. The van der Waals surface area contributed by atoms with Crippen LogP contribution in [0.25, 0.3) is 0 Å². The quantitative estimate of drug-likeness (QED) is 0.790. The van der Waals surface area contributed by atoms with Crippen LogP contribution in [-0.2, 0) is 16.0 Å². The lowest BCUT2D eigenvalue weighted by Gasteiger charge is -2.09. The molecule has 0 bridgehead atoms. The summed E-state index contributed by atoms with van der Waals surface area (Å²) in [5.41, 5.74) is 2.36. The zero-order chi connectivity index (χ0) is 15.8. The van der Waals surface area contributed by atoms with Gasteiger partial charge < -0.3 is 10.6 Å². The Morgan fingerprint density at radius 2 is 1.81 bits per heavy atom. The summed E-state index contributed by atoms with van der Waals surface area (Å²) in [6.45, 7) is 7.66. The number of amides is 2. The summed E-state index contributed by atoms with van der Waals surface area (Å²) >= 11 is 0. The Bertz CT molecular complexity index is 516. The van der Waals surface area contributed by atoms with E-state index in [9.17, 15) is 9.59 Å². The minimum atomic E-state index is -0.0952. The first-order valence-corrected chi connectivity index (χ1v) is 7.28. The SMILES string of the molecule is CCC=C(C)C(=O)Nc1ccc(CC(=O)NC(C)C)cc1. The fourth-order valence-electron chi connectivity index (χ4n) is 1.89. The van der Waals surface area contributed by atoms with Crippen molar-refractivity contribution in [1.29, 1.82) is 0 Å². The molecule has 0 radical (unpaired) electrons. The summed E-state index contributed by atoms with van der Waals surface area (Å²) in [6.07, 6.45) is 3.07. The maximum atomic E-state index is 11.8. The van der Waals surface area contributed by atoms with Gasteiger partial charge in [-0.3, -0.25) is 9.59 Å². The summed E-state index contributed by atoms with van der Waals surface area (Å²) in [6, 6.07) is 7.48. The maximum absolute atomic E-state index is 11.8. The molecule has 2 N–H and O–H groups in total. The molecule has 0 saturated carbocycles. The molecule has 1 aromatic carbocycles. The molecule has 0 atom stereocenters. The first-order valence-electron chi connectivity index (χ1n) is 7.28. The van der Waals surface area contributed by atoms with Gasteiger partial charge in [-0.15, -0.1) is 0 Å². The van der Waals surface area contributed by atoms with E-state index in [4.69, 9.17) is 0 Å². The Hall–Kier alpha value is -2.10. The smallest absolute Gasteiger partial charge is 0.250 e. The van der Waals surface area contributed by atoms with Gasteiger partial charge in [-0.05, 0) is 44.9 Å². The third kappa shape index (κ3) is 6.25. The van der Waals surface area contributed by atoms with Crippen LogP contribution in [0.1, 0.15) is 39.7 Å². The van der Waals surface area contributed by atoms with E-state index in [0.717, 1.165) is 17.7 Å². The number of anilines is 1. The standard InChI is InChI=1S/C17H24N2O2/c1-5-6-13(4)17(21)19-15-9-7-14(8-10-15)11-16(20)18-12(2)3/h6-10,12H,5,11H2,1-4H3,(H,18,20)(H,19,21).